The molecule has 0 spiro atoms. The van der Waals surface area contributed by atoms with Gasteiger partial charge in [-0.2, -0.15) is 0 Å². The molecule has 0 aliphatic rings. The van der Waals surface area contributed by atoms with Gasteiger partial charge in [-0.05, 0) is 43.9 Å². The fraction of sp³-hybridized carbons (Fsp3) is 0.934. The molecule has 0 aliphatic heterocycles. The molecule has 0 saturated carbocycles. The van der Waals surface area contributed by atoms with E-state index in [1.807, 2.05) is 0 Å². The zero-order valence-electron chi connectivity index (χ0n) is 55.1. The highest BCUT2D eigenvalue weighted by atomic mass is 16.1. The summed E-state index contributed by atoms with van der Waals surface area (Å²) in [4.78, 5) is 42.6. The standard InChI is InChI=1S/C76H146O3/c1-6-10-14-18-22-26-30-34-37-41-45-49-53-57-61-65-73(77)69-76(68-72(5)64-60-56-52-48-44-40-33-29-25-21-17-13-9-4,70-74(78)66-62-58-54-50-46-42-38-35-31-27-23-19-15-11-7-2)71-75(79)67-63-59-55-51-47-43-39-36-32-28-24-20-16-12-8-3/h5-71H2,1-4H3. The molecule has 468 valence electrons. The first-order valence-electron chi connectivity index (χ1n) is 37.0. The predicted molar refractivity (Wildman–Crippen MR) is 354 cm³/mol. The second-order valence-corrected chi connectivity index (χ2v) is 26.7. The van der Waals surface area contributed by atoms with Crippen molar-refractivity contribution >= 4 is 17.3 Å². The molecular weight excluding hydrogens is 961 g/mol. The first-order valence-corrected chi connectivity index (χ1v) is 37.0. The first-order chi connectivity index (χ1) is 38.8. The van der Waals surface area contributed by atoms with Crippen LogP contribution in [-0.2, 0) is 14.4 Å². The molecule has 0 saturated heterocycles. The largest absolute Gasteiger partial charge is 0.300 e. The Morgan fingerprint density at radius 2 is 0.342 bits per heavy atom. The summed E-state index contributed by atoms with van der Waals surface area (Å²) in [5.74, 6) is 0.842. The molecule has 3 nitrogen and oxygen atoms in total. The number of unbranched alkanes of at least 4 members (excludes halogenated alkanes) is 54. The van der Waals surface area contributed by atoms with Crippen molar-refractivity contribution in [1.29, 1.82) is 0 Å². The Labute approximate surface area is 498 Å². The van der Waals surface area contributed by atoms with Gasteiger partial charge in [-0.15, -0.1) is 0 Å². The van der Waals surface area contributed by atoms with Crippen molar-refractivity contribution in [1.82, 2.24) is 0 Å². The molecule has 0 unspecified atom stereocenters. The Morgan fingerprint density at radius 3 is 0.506 bits per heavy atom. The molecule has 3 heteroatoms. The summed E-state index contributed by atoms with van der Waals surface area (Å²) in [6.45, 7) is 13.8. The van der Waals surface area contributed by atoms with E-state index in [0.717, 1.165) is 51.4 Å². The maximum absolute atomic E-state index is 14.2. The van der Waals surface area contributed by atoms with Crippen LogP contribution in [0.15, 0.2) is 12.2 Å². The molecule has 79 heavy (non-hydrogen) atoms. The lowest BCUT2D eigenvalue weighted by atomic mass is 9.69. The first kappa shape index (κ1) is 77.8. The molecule has 0 aromatic rings. The number of ketones is 3. The molecule has 0 fully saturated rings. The molecule has 0 aliphatic carbocycles. The van der Waals surface area contributed by atoms with Crippen LogP contribution >= 0.6 is 0 Å². The third kappa shape index (κ3) is 59.7. The summed E-state index contributed by atoms with van der Waals surface area (Å²) in [6, 6.07) is 0. The minimum absolute atomic E-state index is 0.281. The van der Waals surface area contributed by atoms with Gasteiger partial charge in [0.05, 0.1) is 0 Å². The number of allylic oxidation sites excluding steroid dienone is 1. The zero-order valence-corrected chi connectivity index (χ0v) is 55.1. The van der Waals surface area contributed by atoms with Gasteiger partial charge in [0, 0.05) is 38.5 Å². The highest BCUT2D eigenvalue weighted by Crippen LogP contribution is 2.41. The van der Waals surface area contributed by atoms with E-state index in [2.05, 4.69) is 34.3 Å². The number of carbonyl (C=O) groups excluding carboxylic acids is 3. The van der Waals surface area contributed by atoms with Gasteiger partial charge in [-0.25, -0.2) is 0 Å². The van der Waals surface area contributed by atoms with Crippen molar-refractivity contribution in [2.45, 2.75) is 451 Å². The molecular formula is C76H146O3. The summed E-state index contributed by atoms with van der Waals surface area (Å²) in [7, 11) is 0. The highest BCUT2D eigenvalue weighted by Gasteiger charge is 2.37. The van der Waals surface area contributed by atoms with Crippen LogP contribution < -0.4 is 0 Å². The van der Waals surface area contributed by atoms with E-state index in [-0.39, 0.29) is 17.3 Å². The number of carbonyl (C=O) groups is 3. The number of Topliss-reactive ketones (excluding diaryl/α,β-unsaturated/α-hetero) is 3. The van der Waals surface area contributed by atoms with Gasteiger partial charge < -0.3 is 0 Å². The van der Waals surface area contributed by atoms with Crippen LogP contribution in [0, 0.1) is 5.41 Å². The fourth-order valence-corrected chi connectivity index (χ4v) is 13.0. The van der Waals surface area contributed by atoms with Gasteiger partial charge in [0.15, 0.2) is 0 Å². The lowest BCUT2D eigenvalue weighted by molar-refractivity contribution is -0.127. The Bertz CT molecular complexity index is 1150. The van der Waals surface area contributed by atoms with Crippen LogP contribution in [-0.4, -0.2) is 17.3 Å². The lowest BCUT2D eigenvalue weighted by Crippen LogP contribution is -2.31. The quantitative estimate of drug-likeness (QED) is 0.0450. The van der Waals surface area contributed by atoms with Crippen molar-refractivity contribution in [3.8, 4) is 0 Å². The third-order valence-corrected chi connectivity index (χ3v) is 18.2. The van der Waals surface area contributed by atoms with Crippen LogP contribution in [0.1, 0.15) is 451 Å². The summed E-state index contributed by atoms with van der Waals surface area (Å²) in [5, 5.41) is 0. The van der Waals surface area contributed by atoms with Crippen molar-refractivity contribution in [3.05, 3.63) is 12.2 Å². The Balaban J connectivity index is 5.44. The van der Waals surface area contributed by atoms with Gasteiger partial charge in [-0.3, -0.25) is 14.4 Å². The van der Waals surface area contributed by atoms with E-state index in [9.17, 15) is 14.4 Å². The van der Waals surface area contributed by atoms with Crippen molar-refractivity contribution in [2.24, 2.45) is 5.41 Å². The van der Waals surface area contributed by atoms with Crippen molar-refractivity contribution < 1.29 is 14.4 Å². The maximum Gasteiger partial charge on any atom is 0.133 e. The van der Waals surface area contributed by atoms with E-state index < -0.39 is 5.41 Å². The summed E-state index contributed by atoms with van der Waals surface area (Å²) >= 11 is 0. The monoisotopic (exact) mass is 1110 g/mol. The summed E-state index contributed by atoms with van der Waals surface area (Å²) in [6.07, 6.45) is 81.1. The molecule has 0 radical (unpaired) electrons. The molecule has 0 amide bonds. The normalized spacial score (nSPS) is 11.8. The molecule has 0 aromatic carbocycles. The fourth-order valence-electron chi connectivity index (χ4n) is 13.0. The lowest BCUT2D eigenvalue weighted by Gasteiger charge is -2.34. The average molecular weight is 1110 g/mol. The van der Waals surface area contributed by atoms with Crippen LogP contribution in [0.4, 0.5) is 0 Å². The van der Waals surface area contributed by atoms with Crippen LogP contribution in [0.5, 0.6) is 0 Å². The molecule has 0 bridgehead atoms. The third-order valence-electron chi connectivity index (χ3n) is 18.2. The summed E-state index contributed by atoms with van der Waals surface area (Å²) < 4.78 is 0. The van der Waals surface area contributed by atoms with E-state index in [4.69, 9.17) is 0 Å². The molecule has 0 aromatic heterocycles. The Hall–Kier alpha value is -1.25. The number of rotatable bonds is 70. The van der Waals surface area contributed by atoms with Crippen molar-refractivity contribution in [2.75, 3.05) is 0 Å². The predicted octanol–water partition coefficient (Wildman–Crippen LogP) is 27.1. The minimum atomic E-state index is -0.612. The second kappa shape index (κ2) is 64.3. The number of hydrogen-bond donors (Lipinski definition) is 0. The van der Waals surface area contributed by atoms with Crippen LogP contribution in [0.3, 0.4) is 0 Å². The molecule has 0 atom stereocenters. The van der Waals surface area contributed by atoms with Crippen LogP contribution in [0.25, 0.3) is 0 Å². The van der Waals surface area contributed by atoms with Crippen molar-refractivity contribution in [3.63, 3.8) is 0 Å². The zero-order chi connectivity index (χ0) is 57.5. The topological polar surface area (TPSA) is 51.2 Å². The average Bonchev–Trinajstić information content (AvgIpc) is 3.44. The summed E-state index contributed by atoms with van der Waals surface area (Å²) in [5.41, 5.74) is 0.557. The second-order valence-electron chi connectivity index (χ2n) is 26.7. The van der Waals surface area contributed by atoms with Gasteiger partial charge in [-0.1, -0.05) is 387 Å². The van der Waals surface area contributed by atoms with E-state index in [1.54, 1.807) is 0 Å². The maximum atomic E-state index is 14.2. The molecule has 0 N–H and O–H groups in total. The van der Waals surface area contributed by atoms with Crippen LogP contribution in [0.2, 0.25) is 0 Å². The van der Waals surface area contributed by atoms with Gasteiger partial charge in [0.1, 0.15) is 17.3 Å². The van der Waals surface area contributed by atoms with Gasteiger partial charge in [0.25, 0.3) is 0 Å². The molecule has 0 rings (SSSR count). The van der Waals surface area contributed by atoms with Gasteiger partial charge >= 0.3 is 0 Å². The molecule has 0 heterocycles. The Morgan fingerprint density at radius 1 is 0.203 bits per heavy atom. The smallest absolute Gasteiger partial charge is 0.133 e. The SMILES string of the molecule is C=C(CCCCCCCCCCCCCCC)CC(CC(=O)CCCCCCCCCCCCCCCCC)(CC(=O)CCCCCCCCCCCCCCCCC)CC(=O)CCCCCCCCCCCCCCCCC. The van der Waals surface area contributed by atoms with E-state index >= 15 is 0 Å². The Kier molecular flexibility index (Phi) is 63.3. The minimum Gasteiger partial charge on any atom is -0.300 e. The van der Waals surface area contributed by atoms with E-state index in [0.29, 0.717) is 44.9 Å². The van der Waals surface area contributed by atoms with E-state index in [1.165, 1.54) is 333 Å². The number of hydrogen-bond acceptors (Lipinski definition) is 3. The van der Waals surface area contributed by atoms with Gasteiger partial charge in [0.2, 0.25) is 0 Å². The highest BCUT2D eigenvalue weighted by molar-refractivity contribution is 5.86.